The predicted molar refractivity (Wildman–Crippen MR) is 98.1 cm³/mol. The number of amides is 1. The molecule has 1 saturated carbocycles. The van der Waals surface area contributed by atoms with E-state index in [9.17, 15) is 9.59 Å². The van der Waals surface area contributed by atoms with E-state index >= 15 is 0 Å². The van der Waals surface area contributed by atoms with Gasteiger partial charge in [-0.3, -0.25) is 4.90 Å². The maximum absolute atomic E-state index is 12.8. The van der Waals surface area contributed by atoms with Crippen molar-refractivity contribution in [3.8, 4) is 0 Å². The average molecular weight is 383 g/mol. The normalized spacial score (nSPS) is 28.5. The van der Waals surface area contributed by atoms with Gasteiger partial charge in [-0.1, -0.05) is 0 Å². The highest BCUT2D eigenvalue weighted by atomic mass is 16.7. The molecule has 0 aromatic heterocycles. The van der Waals surface area contributed by atoms with E-state index in [1.807, 2.05) is 20.8 Å². The SMILES string of the molecule is COC(=O)[C@H]1CC[C@@H](CC2CCC3(CC2)OCCO3)N1C(=O)OC(C)(C)C. The van der Waals surface area contributed by atoms with Gasteiger partial charge in [0.2, 0.25) is 0 Å². The lowest BCUT2D eigenvalue weighted by Crippen LogP contribution is -2.48. The Morgan fingerprint density at radius 1 is 1.07 bits per heavy atom. The molecule has 2 aliphatic heterocycles. The molecular formula is C20H33NO6. The summed E-state index contributed by atoms with van der Waals surface area (Å²) in [6, 6.07) is -0.542. The number of likely N-dealkylation sites (tertiary alicyclic amines) is 1. The topological polar surface area (TPSA) is 74.3 Å². The minimum atomic E-state index is -0.598. The van der Waals surface area contributed by atoms with E-state index in [1.54, 1.807) is 4.90 Å². The van der Waals surface area contributed by atoms with Crippen molar-refractivity contribution in [1.82, 2.24) is 4.90 Å². The highest BCUT2D eigenvalue weighted by molar-refractivity contribution is 5.82. The highest BCUT2D eigenvalue weighted by Crippen LogP contribution is 2.41. The highest BCUT2D eigenvalue weighted by Gasteiger charge is 2.46. The number of nitrogens with zero attached hydrogens (tertiary/aromatic N) is 1. The molecule has 7 nitrogen and oxygen atoms in total. The fraction of sp³-hybridized carbons (Fsp3) is 0.900. The number of hydrogen-bond acceptors (Lipinski definition) is 6. The summed E-state index contributed by atoms with van der Waals surface area (Å²) in [7, 11) is 1.37. The second kappa shape index (κ2) is 7.95. The molecule has 0 aromatic carbocycles. The van der Waals surface area contributed by atoms with E-state index < -0.39 is 17.7 Å². The van der Waals surface area contributed by atoms with Gasteiger partial charge in [0, 0.05) is 18.9 Å². The molecule has 0 unspecified atom stereocenters. The first kappa shape index (κ1) is 20.4. The second-order valence-electron chi connectivity index (χ2n) is 8.94. The van der Waals surface area contributed by atoms with Gasteiger partial charge in [-0.15, -0.1) is 0 Å². The van der Waals surface area contributed by atoms with Gasteiger partial charge in [-0.25, -0.2) is 9.59 Å². The zero-order chi connectivity index (χ0) is 19.7. The minimum absolute atomic E-state index is 0.00779. The van der Waals surface area contributed by atoms with Crippen LogP contribution in [0.1, 0.15) is 65.7 Å². The molecule has 27 heavy (non-hydrogen) atoms. The largest absolute Gasteiger partial charge is 0.467 e. The molecule has 154 valence electrons. The minimum Gasteiger partial charge on any atom is -0.467 e. The molecule has 1 amide bonds. The summed E-state index contributed by atoms with van der Waals surface area (Å²) in [5.74, 6) is -0.237. The molecule has 0 N–H and O–H groups in total. The number of carbonyl (C=O) groups excluding carboxylic acids is 2. The maximum Gasteiger partial charge on any atom is 0.411 e. The Morgan fingerprint density at radius 2 is 1.70 bits per heavy atom. The van der Waals surface area contributed by atoms with Crippen LogP contribution < -0.4 is 0 Å². The van der Waals surface area contributed by atoms with Crippen LogP contribution in [0.3, 0.4) is 0 Å². The lowest BCUT2D eigenvalue weighted by molar-refractivity contribution is -0.183. The van der Waals surface area contributed by atoms with Crippen molar-refractivity contribution in [2.45, 2.75) is 89.2 Å². The molecule has 2 saturated heterocycles. The third kappa shape index (κ3) is 4.74. The van der Waals surface area contributed by atoms with Crippen LogP contribution in [0.2, 0.25) is 0 Å². The van der Waals surface area contributed by atoms with Gasteiger partial charge in [0.15, 0.2) is 5.79 Å². The maximum atomic E-state index is 12.8. The third-order valence-electron chi connectivity index (χ3n) is 5.87. The van der Waals surface area contributed by atoms with E-state index in [-0.39, 0.29) is 17.8 Å². The van der Waals surface area contributed by atoms with Crippen molar-refractivity contribution in [3.63, 3.8) is 0 Å². The Balaban J connectivity index is 1.64. The Morgan fingerprint density at radius 3 is 2.26 bits per heavy atom. The van der Waals surface area contributed by atoms with Crippen LogP contribution in [0.4, 0.5) is 4.79 Å². The van der Waals surface area contributed by atoms with Gasteiger partial charge >= 0.3 is 12.1 Å². The van der Waals surface area contributed by atoms with Crippen molar-refractivity contribution in [1.29, 1.82) is 0 Å². The van der Waals surface area contributed by atoms with Gasteiger partial charge in [0.05, 0.1) is 20.3 Å². The van der Waals surface area contributed by atoms with Gasteiger partial charge < -0.3 is 18.9 Å². The molecule has 0 aromatic rings. The summed E-state index contributed by atoms with van der Waals surface area (Å²) < 4.78 is 22.1. The smallest absolute Gasteiger partial charge is 0.411 e. The summed E-state index contributed by atoms with van der Waals surface area (Å²) in [5, 5.41) is 0. The van der Waals surface area contributed by atoms with Gasteiger partial charge in [-0.05, 0) is 58.8 Å². The summed E-state index contributed by atoms with van der Waals surface area (Å²) in [4.78, 5) is 26.6. The van der Waals surface area contributed by atoms with Crippen molar-refractivity contribution < 1.29 is 28.5 Å². The van der Waals surface area contributed by atoms with E-state index in [4.69, 9.17) is 18.9 Å². The van der Waals surface area contributed by atoms with Crippen molar-refractivity contribution in [2.24, 2.45) is 5.92 Å². The van der Waals surface area contributed by atoms with Crippen molar-refractivity contribution in [2.75, 3.05) is 20.3 Å². The van der Waals surface area contributed by atoms with Crippen LogP contribution in [-0.4, -0.2) is 60.8 Å². The quantitative estimate of drug-likeness (QED) is 0.697. The molecule has 0 bridgehead atoms. The lowest BCUT2D eigenvalue weighted by Gasteiger charge is -2.38. The zero-order valence-corrected chi connectivity index (χ0v) is 17.0. The van der Waals surface area contributed by atoms with Crippen LogP contribution >= 0.6 is 0 Å². The Bertz CT molecular complexity index is 541. The molecule has 0 radical (unpaired) electrons. The number of methoxy groups -OCH3 is 1. The van der Waals surface area contributed by atoms with E-state index in [0.29, 0.717) is 25.6 Å². The summed E-state index contributed by atoms with van der Waals surface area (Å²) in [5.41, 5.74) is -0.598. The first-order valence-corrected chi connectivity index (χ1v) is 10.1. The van der Waals surface area contributed by atoms with Gasteiger partial charge in [0.25, 0.3) is 0 Å². The zero-order valence-electron chi connectivity index (χ0n) is 17.0. The summed E-state index contributed by atoms with van der Waals surface area (Å²) >= 11 is 0. The fourth-order valence-corrected chi connectivity index (χ4v) is 4.60. The molecule has 3 fully saturated rings. The molecule has 3 rings (SSSR count). The summed E-state index contributed by atoms with van der Waals surface area (Å²) in [6.07, 6.45) is 5.71. The van der Waals surface area contributed by atoms with Crippen LogP contribution in [-0.2, 0) is 23.7 Å². The number of rotatable bonds is 3. The van der Waals surface area contributed by atoms with E-state index in [2.05, 4.69) is 0 Å². The number of carbonyl (C=O) groups is 2. The lowest BCUT2D eigenvalue weighted by atomic mass is 9.81. The molecular weight excluding hydrogens is 350 g/mol. The number of esters is 1. The van der Waals surface area contributed by atoms with Gasteiger partial charge in [-0.2, -0.15) is 0 Å². The standard InChI is InChI=1S/C20H33NO6/c1-19(2,3)27-18(23)21-15(5-6-16(21)17(22)24-4)13-14-7-9-20(10-8-14)25-11-12-26-20/h14-16H,5-13H2,1-4H3/t15-,16+/m0/s1. The molecule has 1 spiro atoms. The number of ether oxygens (including phenoxy) is 4. The average Bonchev–Trinajstić information content (AvgIpc) is 3.22. The molecule has 7 heteroatoms. The monoisotopic (exact) mass is 383 g/mol. The van der Waals surface area contributed by atoms with Crippen LogP contribution in [0, 0.1) is 5.92 Å². The first-order chi connectivity index (χ1) is 12.7. The Labute approximate surface area is 161 Å². The fourth-order valence-electron chi connectivity index (χ4n) is 4.60. The van der Waals surface area contributed by atoms with E-state index in [0.717, 1.165) is 38.5 Å². The van der Waals surface area contributed by atoms with E-state index in [1.165, 1.54) is 7.11 Å². The van der Waals surface area contributed by atoms with Gasteiger partial charge in [0.1, 0.15) is 11.6 Å². The Kier molecular flexibility index (Phi) is 6.01. The van der Waals surface area contributed by atoms with Crippen LogP contribution in [0.5, 0.6) is 0 Å². The first-order valence-electron chi connectivity index (χ1n) is 10.1. The molecule has 2 heterocycles. The summed E-state index contributed by atoms with van der Waals surface area (Å²) in [6.45, 7) is 6.88. The molecule has 2 atom stereocenters. The van der Waals surface area contributed by atoms with Crippen molar-refractivity contribution >= 4 is 12.1 Å². The Hall–Kier alpha value is -1.34. The molecule has 3 aliphatic rings. The van der Waals surface area contributed by atoms with Crippen molar-refractivity contribution in [3.05, 3.63) is 0 Å². The molecule has 1 aliphatic carbocycles. The number of hydrogen-bond donors (Lipinski definition) is 0. The predicted octanol–water partition coefficient (Wildman–Crippen LogP) is 3.25. The second-order valence-corrected chi connectivity index (χ2v) is 8.94. The van der Waals surface area contributed by atoms with Crippen LogP contribution in [0.25, 0.3) is 0 Å². The third-order valence-corrected chi connectivity index (χ3v) is 5.87. The van der Waals surface area contributed by atoms with Crippen LogP contribution in [0.15, 0.2) is 0 Å².